The summed E-state index contributed by atoms with van der Waals surface area (Å²) in [7, 11) is 0. The highest BCUT2D eigenvalue weighted by molar-refractivity contribution is 14.1. The molecule has 1 saturated carbocycles. The van der Waals surface area contributed by atoms with Crippen LogP contribution in [0.3, 0.4) is 0 Å². The maximum Gasteiger partial charge on any atom is 0.129 e. The summed E-state index contributed by atoms with van der Waals surface area (Å²) in [6.07, 6.45) is 6.25. The summed E-state index contributed by atoms with van der Waals surface area (Å²) in [5.74, 6) is 1.47. The van der Waals surface area contributed by atoms with Gasteiger partial charge in [-0.1, -0.05) is 6.92 Å². The molecular weight excluding hydrogens is 329 g/mol. The first-order valence-corrected chi connectivity index (χ1v) is 6.98. The number of fused-ring (bicyclic) bond motifs is 1. The SMILES string of the molecule is CCc1nccn2c(C3CC(O)C3)nc(I)c12. The largest absolute Gasteiger partial charge is 0.393 e. The van der Waals surface area contributed by atoms with Gasteiger partial charge in [-0.3, -0.25) is 9.38 Å². The molecule has 1 aliphatic rings. The average Bonchev–Trinajstić information content (AvgIpc) is 2.63. The van der Waals surface area contributed by atoms with Crippen molar-refractivity contribution < 1.29 is 5.11 Å². The summed E-state index contributed by atoms with van der Waals surface area (Å²) < 4.78 is 3.16. The van der Waals surface area contributed by atoms with Crippen LogP contribution in [-0.4, -0.2) is 25.6 Å². The van der Waals surface area contributed by atoms with Crippen LogP contribution < -0.4 is 0 Å². The first-order valence-electron chi connectivity index (χ1n) is 5.90. The minimum atomic E-state index is -0.141. The van der Waals surface area contributed by atoms with E-state index in [1.54, 1.807) is 0 Å². The van der Waals surface area contributed by atoms with Crippen molar-refractivity contribution in [2.45, 2.75) is 38.2 Å². The van der Waals surface area contributed by atoms with E-state index in [2.05, 4.69) is 43.9 Å². The van der Waals surface area contributed by atoms with E-state index in [9.17, 15) is 5.11 Å². The van der Waals surface area contributed by atoms with Crippen molar-refractivity contribution in [3.05, 3.63) is 27.6 Å². The Morgan fingerprint density at radius 1 is 1.53 bits per heavy atom. The van der Waals surface area contributed by atoms with E-state index in [-0.39, 0.29) is 6.10 Å². The topological polar surface area (TPSA) is 50.4 Å². The quantitative estimate of drug-likeness (QED) is 0.850. The number of aliphatic hydroxyl groups is 1. The molecule has 90 valence electrons. The fraction of sp³-hybridized carbons (Fsp3) is 0.500. The van der Waals surface area contributed by atoms with Gasteiger partial charge in [0, 0.05) is 18.3 Å². The van der Waals surface area contributed by atoms with E-state index in [1.165, 1.54) is 0 Å². The predicted molar refractivity (Wildman–Crippen MR) is 73.1 cm³/mol. The minimum Gasteiger partial charge on any atom is -0.393 e. The lowest BCUT2D eigenvalue weighted by atomic mass is 9.82. The van der Waals surface area contributed by atoms with E-state index in [4.69, 9.17) is 0 Å². The molecule has 1 fully saturated rings. The first kappa shape index (κ1) is 11.4. The molecule has 0 atom stereocenters. The highest BCUT2D eigenvalue weighted by Crippen LogP contribution is 2.37. The number of imidazole rings is 1. The summed E-state index contributed by atoms with van der Waals surface area (Å²) in [5.41, 5.74) is 2.22. The Bertz CT molecular complexity index is 560. The van der Waals surface area contributed by atoms with Gasteiger partial charge in [0.05, 0.1) is 11.8 Å². The van der Waals surface area contributed by atoms with Crippen LogP contribution in [0.5, 0.6) is 0 Å². The zero-order valence-electron chi connectivity index (χ0n) is 9.60. The molecule has 17 heavy (non-hydrogen) atoms. The molecule has 2 heterocycles. The molecule has 0 radical (unpaired) electrons. The van der Waals surface area contributed by atoms with Gasteiger partial charge >= 0.3 is 0 Å². The van der Waals surface area contributed by atoms with Crippen molar-refractivity contribution in [1.82, 2.24) is 14.4 Å². The molecule has 3 rings (SSSR count). The normalized spacial score (nSPS) is 23.9. The number of nitrogens with zero attached hydrogens (tertiary/aromatic N) is 3. The van der Waals surface area contributed by atoms with Crippen LogP contribution in [0.25, 0.3) is 5.52 Å². The second-order valence-electron chi connectivity index (χ2n) is 4.53. The van der Waals surface area contributed by atoms with Crippen molar-refractivity contribution in [3.8, 4) is 0 Å². The number of aryl methyl sites for hydroxylation is 1. The van der Waals surface area contributed by atoms with Crippen molar-refractivity contribution >= 4 is 28.1 Å². The second kappa shape index (κ2) is 4.20. The van der Waals surface area contributed by atoms with Crippen molar-refractivity contribution in [2.75, 3.05) is 0 Å². The molecule has 1 N–H and O–H groups in total. The molecule has 0 unspecified atom stereocenters. The van der Waals surface area contributed by atoms with E-state index >= 15 is 0 Å². The van der Waals surface area contributed by atoms with E-state index in [0.29, 0.717) is 5.92 Å². The van der Waals surface area contributed by atoms with E-state index in [1.807, 2.05) is 12.4 Å². The number of rotatable bonds is 2. The number of hydrogen-bond donors (Lipinski definition) is 1. The van der Waals surface area contributed by atoms with Crippen LogP contribution >= 0.6 is 22.6 Å². The highest BCUT2D eigenvalue weighted by atomic mass is 127. The Balaban J connectivity index is 2.14. The molecule has 0 bridgehead atoms. The molecule has 0 saturated heterocycles. The molecule has 0 amide bonds. The summed E-state index contributed by atoms with van der Waals surface area (Å²) >= 11 is 2.27. The van der Waals surface area contributed by atoms with Gasteiger partial charge in [0.15, 0.2) is 0 Å². The van der Waals surface area contributed by atoms with Crippen molar-refractivity contribution in [3.63, 3.8) is 0 Å². The number of halogens is 1. The van der Waals surface area contributed by atoms with Crippen LogP contribution in [0.1, 0.15) is 37.2 Å². The van der Waals surface area contributed by atoms with Gasteiger partial charge in [-0.2, -0.15) is 0 Å². The smallest absolute Gasteiger partial charge is 0.129 e. The Hall–Kier alpha value is -0.690. The molecule has 4 nitrogen and oxygen atoms in total. The third-order valence-electron chi connectivity index (χ3n) is 3.43. The predicted octanol–water partition coefficient (Wildman–Crippen LogP) is 2.13. The Labute approximate surface area is 113 Å². The van der Waals surface area contributed by atoms with Crippen molar-refractivity contribution in [1.29, 1.82) is 0 Å². The lowest BCUT2D eigenvalue weighted by Gasteiger charge is -2.30. The van der Waals surface area contributed by atoms with Gasteiger partial charge in [-0.25, -0.2) is 4.98 Å². The molecule has 0 spiro atoms. The maximum absolute atomic E-state index is 9.41. The number of aromatic nitrogens is 3. The van der Waals surface area contributed by atoms with Crippen LogP contribution in [0.15, 0.2) is 12.4 Å². The lowest BCUT2D eigenvalue weighted by Crippen LogP contribution is -2.27. The third-order valence-corrected chi connectivity index (χ3v) is 4.18. The van der Waals surface area contributed by atoms with Crippen molar-refractivity contribution in [2.24, 2.45) is 0 Å². The second-order valence-corrected chi connectivity index (χ2v) is 5.55. The molecule has 0 aromatic carbocycles. The van der Waals surface area contributed by atoms with E-state index in [0.717, 1.165) is 40.0 Å². The molecule has 0 aliphatic heterocycles. The fourth-order valence-electron chi connectivity index (χ4n) is 2.43. The molecular formula is C12H14IN3O. The Morgan fingerprint density at radius 3 is 2.94 bits per heavy atom. The van der Waals surface area contributed by atoms with Crippen LogP contribution in [0.2, 0.25) is 0 Å². The third kappa shape index (κ3) is 1.76. The van der Waals surface area contributed by atoms with E-state index < -0.39 is 0 Å². The fourth-order valence-corrected chi connectivity index (χ4v) is 3.25. The van der Waals surface area contributed by atoms with Gasteiger partial charge in [0.25, 0.3) is 0 Å². The average molecular weight is 343 g/mol. The van der Waals surface area contributed by atoms with Gasteiger partial charge in [-0.15, -0.1) is 0 Å². The summed E-state index contributed by atoms with van der Waals surface area (Å²) in [6, 6.07) is 0. The van der Waals surface area contributed by atoms with Gasteiger partial charge in [0.1, 0.15) is 15.0 Å². The zero-order chi connectivity index (χ0) is 12.0. The summed E-state index contributed by atoms with van der Waals surface area (Å²) in [4.78, 5) is 9.06. The maximum atomic E-state index is 9.41. The molecule has 1 aliphatic carbocycles. The van der Waals surface area contributed by atoms with Gasteiger partial charge in [-0.05, 0) is 41.9 Å². The summed E-state index contributed by atoms with van der Waals surface area (Å²) in [6.45, 7) is 2.11. The standard InChI is InChI=1S/C12H14IN3O/c1-2-9-10-11(13)15-12(7-5-8(17)6-7)16(10)4-3-14-9/h3-4,7-8,17H,2,5-6H2,1H3. The Morgan fingerprint density at radius 2 is 2.29 bits per heavy atom. The zero-order valence-corrected chi connectivity index (χ0v) is 11.8. The molecule has 2 aromatic rings. The molecule has 2 aromatic heterocycles. The monoisotopic (exact) mass is 343 g/mol. The van der Waals surface area contributed by atoms with Crippen LogP contribution in [0.4, 0.5) is 0 Å². The Kier molecular flexibility index (Phi) is 2.82. The molecule has 5 heteroatoms. The number of aliphatic hydroxyl groups excluding tert-OH is 1. The van der Waals surface area contributed by atoms with Crippen LogP contribution in [-0.2, 0) is 6.42 Å². The first-order chi connectivity index (χ1) is 8.20. The number of hydrogen-bond acceptors (Lipinski definition) is 3. The van der Waals surface area contributed by atoms with Gasteiger partial charge < -0.3 is 5.11 Å². The summed E-state index contributed by atoms with van der Waals surface area (Å²) in [5, 5.41) is 9.41. The van der Waals surface area contributed by atoms with Gasteiger partial charge in [0.2, 0.25) is 0 Å². The van der Waals surface area contributed by atoms with Crippen LogP contribution in [0, 0.1) is 3.70 Å². The lowest BCUT2D eigenvalue weighted by molar-refractivity contribution is 0.0714. The minimum absolute atomic E-state index is 0.141. The highest BCUT2D eigenvalue weighted by Gasteiger charge is 2.32.